The normalized spacial score (nSPS) is 24.7. The molecular weight excluding hydrogens is 252 g/mol. The van der Waals surface area contributed by atoms with E-state index in [2.05, 4.69) is 35.9 Å². The van der Waals surface area contributed by atoms with Crippen LogP contribution in [0.4, 0.5) is 0 Å². The maximum atomic E-state index is 12.0. The van der Waals surface area contributed by atoms with Crippen molar-refractivity contribution in [2.45, 2.75) is 33.1 Å². The van der Waals surface area contributed by atoms with Crippen LogP contribution in [0.15, 0.2) is 33.9 Å². The highest BCUT2D eigenvalue weighted by Crippen LogP contribution is 2.40. The van der Waals surface area contributed by atoms with Crippen LogP contribution in [0.5, 0.6) is 0 Å². The molecule has 0 fully saturated rings. The van der Waals surface area contributed by atoms with Crippen molar-refractivity contribution in [3.63, 3.8) is 0 Å². The lowest BCUT2D eigenvalue weighted by Gasteiger charge is -2.30. The van der Waals surface area contributed by atoms with Crippen molar-refractivity contribution in [2.24, 2.45) is 5.41 Å². The lowest BCUT2D eigenvalue weighted by atomic mass is 9.73. The molecule has 0 saturated heterocycles. The first-order valence-corrected chi connectivity index (χ1v) is 6.06. The number of Topliss-reactive ketones (excluding diaryl/α,β-unsaturated/α-hetero) is 1. The monoisotopic (exact) mass is 266 g/mol. The zero-order valence-electron chi connectivity index (χ0n) is 9.14. The Morgan fingerprint density at radius 3 is 2.80 bits per heavy atom. The molecular formula is C13H15BrO. The molecule has 1 nitrogen and oxygen atoms in total. The first kappa shape index (κ1) is 10.9. The molecule has 2 aliphatic carbocycles. The maximum absolute atomic E-state index is 12.0. The fraction of sp³-hybridized carbons (Fsp3) is 0.462. The third-order valence-corrected chi connectivity index (χ3v) is 3.43. The molecule has 2 rings (SSSR count). The standard InChI is InChI=1S/C13H15BrO/c1-13(2)7-9-4-3-5-10(14)6-11(9)12(15)8-13/h3,5-6H,4,7-8H2,1-2H3. The zero-order valence-corrected chi connectivity index (χ0v) is 10.7. The number of carbonyl (C=O) groups excluding carboxylic acids is 1. The Hall–Kier alpha value is -0.630. The van der Waals surface area contributed by atoms with Crippen LogP contribution in [0.1, 0.15) is 33.1 Å². The van der Waals surface area contributed by atoms with Crippen molar-refractivity contribution in [3.05, 3.63) is 33.9 Å². The highest BCUT2D eigenvalue weighted by atomic mass is 79.9. The molecule has 80 valence electrons. The summed E-state index contributed by atoms with van der Waals surface area (Å²) in [7, 11) is 0. The van der Waals surface area contributed by atoms with E-state index < -0.39 is 0 Å². The van der Waals surface area contributed by atoms with Crippen molar-refractivity contribution in [1.82, 2.24) is 0 Å². The first-order valence-electron chi connectivity index (χ1n) is 5.27. The predicted molar refractivity (Wildman–Crippen MR) is 65.8 cm³/mol. The molecule has 0 atom stereocenters. The van der Waals surface area contributed by atoms with Gasteiger partial charge in [0.25, 0.3) is 0 Å². The minimum atomic E-state index is 0.133. The number of hydrogen-bond donors (Lipinski definition) is 0. The molecule has 15 heavy (non-hydrogen) atoms. The van der Waals surface area contributed by atoms with E-state index >= 15 is 0 Å². The molecule has 0 amide bonds. The average Bonchev–Trinajstić information content (AvgIpc) is 2.25. The Morgan fingerprint density at radius 2 is 2.07 bits per heavy atom. The summed E-state index contributed by atoms with van der Waals surface area (Å²) in [4.78, 5) is 12.0. The summed E-state index contributed by atoms with van der Waals surface area (Å²) in [5.41, 5.74) is 2.36. The second kappa shape index (κ2) is 3.75. The van der Waals surface area contributed by atoms with Crippen LogP contribution in [0.25, 0.3) is 0 Å². The van der Waals surface area contributed by atoms with Gasteiger partial charge in [-0.15, -0.1) is 0 Å². The van der Waals surface area contributed by atoms with E-state index in [1.54, 1.807) is 0 Å². The van der Waals surface area contributed by atoms with Crippen LogP contribution in [0, 0.1) is 5.41 Å². The van der Waals surface area contributed by atoms with Crippen molar-refractivity contribution in [1.29, 1.82) is 0 Å². The average molecular weight is 267 g/mol. The third kappa shape index (κ3) is 2.31. The SMILES string of the molecule is CC1(C)CC(=O)C2=C(CC=CC(Br)=C2)C1. The van der Waals surface area contributed by atoms with Gasteiger partial charge < -0.3 is 0 Å². The zero-order chi connectivity index (χ0) is 11.1. The number of ketones is 1. The Balaban J connectivity index is 2.43. The van der Waals surface area contributed by atoms with Crippen LogP contribution in [0.3, 0.4) is 0 Å². The molecule has 0 bridgehead atoms. The summed E-state index contributed by atoms with van der Waals surface area (Å²) in [6, 6.07) is 0. The Bertz CT molecular complexity index is 397. The number of halogens is 1. The largest absolute Gasteiger partial charge is 0.294 e. The molecule has 0 spiro atoms. The fourth-order valence-corrected chi connectivity index (χ4v) is 2.74. The quantitative estimate of drug-likeness (QED) is 0.650. The maximum Gasteiger partial charge on any atom is 0.163 e. The number of allylic oxidation sites excluding steroid dienone is 6. The van der Waals surface area contributed by atoms with Gasteiger partial charge in [0.1, 0.15) is 0 Å². The highest BCUT2D eigenvalue weighted by molar-refractivity contribution is 9.11. The van der Waals surface area contributed by atoms with Gasteiger partial charge in [0.15, 0.2) is 5.78 Å². The van der Waals surface area contributed by atoms with Gasteiger partial charge in [-0.3, -0.25) is 4.79 Å². The summed E-state index contributed by atoms with van der Waals surface area (Å²) in [6.07, 6.45) is 8.74. The van der Waals surface area contributed by atoms with Crippen LogP contribution in [0.2, 0.25) is 0 Å². The van der Waals surface area contributed by atoms with E-state index in [9.17, 15) is 4.79 Å². The second-order valence-electron chi connectivity index (χ2n) is 5.09. The van der Waals surface area contributed by atoms with Gasteiger partial charge in [-0.05, 0) is 24.3 Å². The molecule has 0 aliphatic heterocycles. The molecule has 0 aromatic rings. The number of hydrogen-bond acceptors (Lipinski definition) is 1. The van der Waals surface area contributed by atoms with Crippen LogP contribution >= 0.6 is 15.9 Å². The van der Waals surface area contributed by atoms with Gasteiger partial charge in [0.05, 0.1) is 0 Å². The van der Waals surface area contributed by atoms with E-state index in [-0.39, 0.29) is 5.41 Å². The van der Waals surface area contributed by atoms with Gasteiger partial charge in [-0.1, -0.05) is 47.5 Å². The van der Waals surface area contributed by atoms with Crippen LogP contribution in [-0.2, 0) is 4.79 Å². The number of rotatable bonds is 0. The Labute approximate surface area is 99.1 Å². The summed E-state index contributed by atoms with van der Waals surface area (Å²) < 4.78 is 1.00. The molecule has 0 aromatic carbocycles. The van der Waals surface area contributed by atoms with E-state index in [4.69, 9.17) is 0 Å². The van der Waals surface area contributed by atoms with Gasteiger partial charge in [0, 0.05) is 16.5 Å². The molecule has 0 saturated carbocycles. The van der Waals surface area contributed by atoms with Crippen molar-refractivity contribution in [2.75, 3.05) is 0 Å². The van der Waals surface area contributed by atoms with Gasteiger partial charge in [-0.2, -0.15) is 0 Å². The molecule has 0 N–H and O–H groups in total. The van der Waals surface area contributed by atoms with E-state index in [1.165, 1.54) is 5.57 Å². The van der Waals surface area contributed by atoms with E-state index in [1.807, 2.05) is 12.2 Å². The lowest BCUT2D eigenvalue weighted by molar-refractivity contribution is -0.117. The van der Waals surface area contributed by atoms with Crippen molar-refractivity contribution >= 4 is 21.7 Å². The highest BCUT2D eigenvalue weighted by Gasteiger charge is 2.31. The minimum Gasteiger partial charge on any atom is -0.294 e. The Kier molecular flexibility index (Phi) is 2.72. The Morgan fingerprint density at radius 1 is 1.33 bits per heavy atom. The van der Waals surface area contributed by atoms with E-state index in [0.29, 0.717) is 12.2 Å². The topological polar surface area (TPSA) is 17.1 Å². The minimum absolute atomic E-state index is 0.133. The predicted octanol–water partition coefficient (Wildman–Crippen LogP) is 3.91. The van der Waals surface area contributed by atoms with Crippen LogP contribution in [-0.4, -0.2) is 5.78 Å². The summed E-state index contributed by atoms with van der Waals surface area (Å²) >= 11 is 3.44. The van der Waals surface area contributed by atoms with Crippen molar-refractivity contribution in [3.8, 4) is 0 Å². The summed E-state index contributed by atoms with van der Waals surface area (Å²) in [6.45, 7) is 4.34. The smallest absolute Gasteiger partial charge is 0.163 e. The second-order valence-corrected chi connectivity index (χ2v) is 6.01. The van der Waals surface area contributed by atoms with Crippen LogP contribution < -0.4 is 0 Å². The third-order valence-electron chi connectivity index (χ3n) is 2.94. The molecule has 0 heterocycles. The molecule has 0 unspecified atom stereocenters. The van der Waals surface area contributed by atoms with Crippen molar-refractivity contribution < 1.29 is 4.79 Å². The molecule has 2 heteroatoms. The van der Waals surface area contributed by atoms with Gasteiger partial charge >= 0.3 is 0 Å². The molecule has 0 aromatic heterocycles. The fourth-order valence-electron chi connectivity index (χ4n) is 2.33. The van der Waals surface area contributed by atoms with E-state index in [0.717, 1.165) is 22.9 Å². The first-order chi connectivity index (χ1) is 6.98. The number of carbonyl (C=O) groups is 1. The lowest BCUT2D eigenvalue weighted by Crippen LogP contribution is -2.25. The summed E-state index contributed by atoms with van der Waals surface area (Å²) in [5, 5.41) is 0. The molecule has 2 aliphatic rings. The molecule has 0 radical (unpaired) electrons. The summed E-state index contributed by atoms with van der Waals surface area (Å²) in [5.74, 6) is 0.293. The van der Waals surface area contributed by atoms with Gasteiger partial charge in [-0.25, -0.2) is 0 Å². The van der Waals surface area contributed by atoms with Gasteiger partial charge in [0.2, 0.25) is 0 Å².